The van der Waals surface area contributed by atoms with Crippen LogP contribution in [0.1, 0.15) is 10.4 Å². The van der Waals surface area contributed by atoms with E-state index in [4.69, 9.17) is 10.5 Å². The molecule has 0 spiro atoms. The summed E-state index contributed by atoms with van der Waals surface area (Å²) in [6, 6.07) is 8.37. The van der Waals surface area contributed by atoms with Crippen molar-refractivity contribution >= 4 is 11.3 Å². The largest absolute Gasteiger partial charge is 0.492 e. The summed E-state index contributed by atoms with van der Waals surface area (Å²) in [5.41, 5.74) is 5.23. The van der Waals surface area contributed by atoms with Crippen molar-refractivity contribution in [2.45, 2.75) is 18.6 Å². The number of thiophene rings is 1. The Kier molecular flexibility index (Phi) is 4.67. The lowest BCUT2D eigenvalue weighted by molar-refractivity contribution is -0.137. The molecule has 0 fully saturated rings. The molecule has 1 heterocycles. The molecule has 1 unspecified atom stereocenters. The average Bonchev–Trinajstić information content (AvgIpc) is 2.88. The maximum absolute atomic E-state index is 12.4. The molecule has 2 N–H and O–H groups in total. The fraction of sp³-hybridized carbons (Fsp3) is 0.286. The van der Waals surface area contributed by atoms with E-state index in [2.05, 4.69) is 0 Å². The minimum absolute atomic E-state index is 0.184. The van der Waals surface area contributed by atoms with Gasteiger partial charge < -0.3 is 10.5 Å². The van der Waals surface area contributed by atoms with Crippen LogP contribution in [0.2, 0.25) is 0 Å². The summed E-state index contributed by atoms with van der Waals surface area (Å²) < 4.78 is 42.6. The Hall–Kier alpha value is -1.53. The van der Waals surface area contributed by atoms with Gasteiger partial charge in [-0.2, -0.15) is 13.2 Å². The highest BCUT2D eigenvalue weighted by molar-refractivity contribution is 7.09. The molecule has 1 atom stereocenters. The lowest BCUT2D eigenvalue weighted by atomic mass is 10.2. The fourth-order valence-electron chi connectivity index (χ4n) is 1.69. The van der Waals surface area contributed by atoms with Crippen molar-refractivity contribution in [2.75, 3.05) is 6.61 Å². The van der Waals surface area contributed by atoms with Gasteiger partial charge in [0.2, 0.25) is 0 Å². The number of hydrogen-bond donors (Lipinski definition) is 1. The van der Waals surface area contributed by atoms with Gasteiger partial charge in [-0.15, -0.1) is 11.3 Å². The molecule has 2 aromatic rings. The second kappa shape index (κ2) is 6.28. The molecular weight excluding hydrogens is 287 g/mol. The first-order chi connectivity index (χ1) is 9.45. The summed E-state index contributed by atoms with van der Waals surface area (Å²) in [4.78, 5) is 1.16. The van der Waals surface area contributed by atoms with Gasteiger partial charge in [0.1, 0.15) is 12.4 Å². The van der Waals surface area contributed by atoms with Crippen LogP contribution in [0, 0.1) is 0 Å². The third-order valence-corrected chi connectivity index (χ3v) is 3.59. The predicted octanol–water partition coefficient (Wildman–Crippen LogP) is 3.72. The predicted molar refractivity (Wildman–Crippen MR) is 72.9 cm³/mol. The summed E-state index contributed by atoms with van der Waals surface area (Å²) in [6.45, 7) is 0.267. The highest BCUT2D eigenvalue weighted by Gasteiger charge is 2.30. The minimum Gasteiger partial charge on any atom is -0.492 e. The van der Waals surface area contributed by atoms with E-state index in [0.717, 1.165) is 17.0 Å². The summed E-state index contributed by atoms with van der Waals surface area (Å²) in [6.07, 6.45) is -3.63. The molecule has 108 valence electrons. The van der Waals surface area contributed by atoms with Crippen molar-refractivity contribution < 1.29 is 17.9 Å². The van der Waals surface area contributed by atoms with Crippen LogP contribution < -0.4 is 10.5 Å². The number of benzene rings is 1. The number of hydrogen-bond acceptors (Lipinski definition) is 3. The number of halogens is 3. The molecule has 0 saturated heterocycles. The van der Waals surface area contributed by atoms with Gasteiger partial charge in [-0.05, 0) is 35.7 Å². The molecule has 0 radical (unpaired) electrons. The van der Waals surface area contributed by atoms with Gasteiger partial charge in [0, 0.05) is 17.3 Å². The number of ether oxygens (including phenoxy) is 1. The Balaban J connectivity index is 1.84. The maximum Gasteiger partial charge on any atom is 0.416 e. The molecule has 0 aliphatic rings. The quantitative estimate of drug-likeness (QED) is 0.913. The van der Waals surface area contributed by atoms with Gasteiger partial charge in [0.05, 0.1) is 5.56 Å². The fourth-order valence-corrected chi connectivity index (χ4v) is 2.49. The molecule has 0 amide bonds. The first-order valence-electron chi connectivity index (χ1n) is 6.03. The van der Waals surface area contributed by atoms with E-state index in [9.17, 15) is 13.2 Å². The highest BCUT2D eigenvalue weighted by atomic mass is 32.1. The van der Waals surface area contributed by atoms with Gasteiger partial charge >= 0.3 is 6.18 Å². The van der Waals surface area contributed by atoms with Crippen LogP contribution >= 0.6 is 11.3 Å². The monoisotopic (exact) mass is 301 g/mol. The SMILES string of the molecule is NC(COc1ccc(C(F)(F)F)cc1)Cc1cccs1. The summed E-state index contributed by atoms with van der Waals surface area (Å²) >= 11 is 1.62. The normalized spacial score (nSPS) is 13.2. The topological polar surface area (TPSA) is 35.2 Å². The number of nitrogens with two attached hydrogens (primary N) is 1. The van der Waals surface area contributed by atoms with Crippen molar-refractivity contribution in [3.8, 4) is 5.75 Å². The van der Waals surface area contributed by atoms with Crippen molar-refractivity contribution in [3.05, 3.63) is 52.2 Å². The minimum atomic E-state index is -4.33. The van der Waals surface area contributed by atoms with Crippen molar-refractivity contribution in [3.63, 3.8) is 0 Å². The number of rotatable bonds is 5. The first-order valence-corrected chi connectivity index (χ1v) is 6.91. The van der Waals surface area contributed by atoms with Gasteiger partial charge in [-0.25, -0.2) is 0 Å². The summed E-state index contributed by atoms with van der Waals surface area (Å²) in [5.74, 6) is 0.389. The van der Waals surface area contributed by atoms with E-state index in [1.165, 1.54) is 12.1 Å². The van der Waals surface area contributed by atoms with Gasteiger partial charge in [-0.3, -0.25) is 0 Å². The second-order valence-electron chi connectivity index (χ2n) is 4.38. The van der Waals surface area contributed by atoms with Gasteiger partial charge in [0.15, 0.2) is 0 Å². The lowest BCUT2D eigenvalue weighted by Gasteiger charge is -2.13. The van der Waals surface area contributed by atoms with E-state index in [-0.39, 0.29) is 12.6 Å². The van der Waals surface area contributed by atoms with E-state index in [1.54, 1.807) is 11.3 Å². The molecule has 6 heteroatoms. The Morgan fingerprint density at radius 2 is 1.85 bits per heavy atom. The Bertz CT molecular complexity index is 522. The standard InChI is InChI=1S/C14H14F3NOS/c15-14(16,17)10-3-5-12(6-4-10)19-9-11(18)8-13-2-1-7-20-13/h1-7,11H,8-9,18H2. The molecule has 20 heavy (non-hydrogen) atoms. The van der Waals surface area contributed by atoms with E-state index >= 15 is 0 Å². The summed E-state index contributed by atoms with van der Waals surface area (Å²) in [7, 11) is 0. The van der Waals surface area contributed by atoms with Crippen molar-refractivity contribution in [1.29, 1.82) is 0 Å². The van der Waals surface area contributed by atoms with Crippen molar-refractivity contribution in [1.82, 2.24) is 0 Å². The average molecular weight is 301 g/mol. The molecule has 1 aromatic carbocycles. The first kappa shape index (κ1) is 14.9. The van der Waals surface area contributed by atoms with Crippen LogP contribution in [-0.4, -0.2) is 12.6 Å². The Morgan fingerprint density at radius 3 is 2.40 bits per heavy atom. The lowest BCUT2D eigenvalue weighted by Crippen LogP contribution is -2.29. The van der Waals surface area contributed by atoms with Crippen molar-refractivity contribution in [2.24, 2.45) is 5.73 Å². The van der Waals surface area contributed by atoms with Crippen LogP contribution in [0.15, 0.2) is 41.8 Å². The molecule has 0 saturated carbocycles. The molecule has 2 rings (SSSR count). The third kappa shape index (κ3) is 4.25. The van der Waals surface area contributed by atoms with Crippen LogP contribution in [0.4, 0.5) is 13.2 Å². The molecule has 1 aromatic heterocycles. The molecule has 0 bridgehead atoms. The van der Waals surface area contributed by atoms with Crippen LogP contribution in [0.25, 0.3) is 0 Å². The smallest absolute Gasteiger partial charge is 0.416 e. The van der Waals surface area contributed by atoms with Gasteiger partial charge in [0.25, 0.3) is 0 Å². The molecular formula is C14H14F3NOS. The Labute approximate surface area is 119 Å². The third-order valence-electron chi connectivity index (χ3n) is 2.69. The maximum atomic E-state index is 12.4. The summed E-state index contributed by atoms with van der Waals surface area (Å²) in [5, 5.41) is 1.97. The van der Waals surface area contributed by atoms with E-state index < -0.39 is 11.7 Å². The van der Waals surface area contributed by atoms with Crippen LogP contribution in [-0.2, 0) is 12.6 Å². The zero-order valence-corrected chi connectivity index (χ0v) is 11.4. The Morgan fingerprint density at radius 1 is 1.15 bits per heavy atom. The molecule has 2 nitrogen and oxygen atoms in total. The zero-order valence-electron chi connectivity index (χ0n) is 10.6. The van der Waals surface area contributed by atoms with Gasteiger partial charge in [-0.1, -0.05) is 6.07 Å². The highest BCUT2D eigenvalue weighted by Crippen LogP contribution is 2.30. The van der Waals surface area contributed by atoms with E-state index in [0.29, 0.717) is 12.2 Å². The van der Waals surface area contributed by atoms with Crippen LogP contribution in [0.3, 0.4) is 0 Å². The molecule has 0 aliphatic heterocycles. The molecule has 0 aliphatic carbocycles. The zero-order chi connectivity index (χ0) is 14.6. The van der Waals surface area contributed by atoms with Crippen LogP contribution in [0.5, 0.6) is 5.75 Å². The second-order valence-corrected chi connectivity index (χ2v) is 5.41. The van der Waals surface area contributed by atoms with E-state index in [1.807, 2.05) is 17.5 Å². The number of alkyl halides is 3.